The predicted molar refractivity (Wildman–Crippen MR) is 266 cm³/mol. The molecule has 4 heteroatoms. The summed E-state index contributed by atoms with van der Waals surface area (Å²) in [6.07, 6.45) is 0. The lowest BCUT2D eigenvalue weighted by Crippen LogP contribution is -2.26. The second-order valence-corrected chi connectivity index (χ2v) is 17.4. The summed E-state index contributed by atoms with van der Waals surface area (Å²) in [7, 11) is 0. The molecule has 0 N–H and O–H groups in total. The van der Waals surface area contributed by atoms with Crippen molar-refractivity contribution in [1.29, 1.82) is 0 Å². The average Bonchev–Trinajstić information content (AvgIpc) is 4.06. The van der Waals surface area contributed by atoms with Gasteiger partial charge >= 0.3 is 0 Å². The van der Waals surface area contributed by atoms with Gasteiger partial charge in [0.2, 0.25) is 0 Å². The van der Waals surface area contributed by atoms with Crippen LogP contribution in [0.2, 0.25) is 0 Å². The molecule has 0 saturated carbocycles. The van der Waals surface area contributed by atoms with Crippen LogP contribution < -0.4 is 4.90 Å². The van der Waals surface area contributed by atoms with E-state index >= 15 is 0 Å². The first-order valence-electron chi connectivity index (χ1n) is 22.3. The molecule has 2 aliphatic rings. The topological polar surface area (TPSA) is 13.1 Å². The number of nitrogens with zero attached hydrogens (tertiary/aromatic N) is 3. The van der Waals surface area contributed by atoms with Crippen molar-refractivity contribution in [3.8, 4) is 33.6 Å². The molecular formula is C61H38FN3. The maximum absolute atomic E-state index is 14.3. The first-order valence-corrected chi connectivity index (χ1v) is 22.3. The monoisotopic (exact) mass is 831 g/mol. The van der Waals surface area contributed by atoms with Crippen molar-refractivity contribution >= 4 is 60.7 Å². The van der Waals surface area contributed by atoms with Crippen molar-refractivity contribution in [3.63, 3.8) is 0 Å². The Kier molecular flexibility index (Phi) is 7.50. The van der Waals surface area contributed by atoms with E-state index in [0.29, 0.717) is 0 Å². The minimum atomic E-state index is -0.489. The summed E-state index contributed by atoms with van der Waals surface area (Å²) in [6.45, 7) is 0. The smallest absolute Gasteiger partial charge is 0.123 e. The van der Waals surface area contributed by atoms with Gasteiger partial charge in [-0.15, -0.1) is 0 Å². The van der Waals surface area contributed by atoms with Crippen LogP contribution in [0.1, 0.15) is 22.3 Å². The third-order valence-corrected chi connectivity index (χ3v) is 14.2. The number of aromatic nitrogens is 2. The first kappa shape index (κ1) is 36.1. The number of halogens is 1. The molecule has 0 bridgehead atoms. The van der Waals surface area contributed by atoms with Crippen LogP contribution in [-0.2, 0) is 5.41 Å². The zero-order valence-corrected chi connectivity index (χ0v) is 35.2. The van der Waals surface area contributed by atoms with Crippen molar-refractivity contribution in [2.24, 2.45) is 0 Å². The second kappa shape index (κ2) is 13.5. The molecule has 2 heterocycles. The zero-order chi connectivity index (χ0) is 42.8. The zero-order valence-electron chi connectivity index (χ0n) is 35.2. The Balaban J connectivity index is 1.06. The van der Waals surface area contributed by atoms with Gasteiger partial charge in [-0.3, -0.25) is 0 Å². The minimum absolute atomic E-state index is 0.250. The van der Waals surface area contributed by atoms with Gasteiger partial charge in [-0.2, -0.15) is 0 Å². The Morgan fingerprint density at radius 1 is 0.308 bits per heavy atom. The van der Waals surface area contributed by atoms with Gasteiger partial charge in [0.15, 0.2) is 0 Å². The van der Waals surface area contributed by atoms with Gasteiger partial charge < -0.3 is 14.0 Å². The summed E-state index contributed by atoms with van der Waals surface area (Å²) in [4.78, 5) is 2.44. The lowest BCUT2D eigenvalue weighted by Gasteiger charge is -2.32. The van der Waals surface area contributed by atoms with Crippen LogP contribution in [0.4, 0.5) is 21.5 Å². The van der Waals surface area contributed by atoms with Crippen LogP contribution in [0.3, 0.4) is 0 Å². The standard InChI is InChI=1S/C61H38FN3/c62-39-26-28-41(29-27-39)64-58-25-13-8-20-50(58)52-36-42(32-35-59(52)64)63(44-31-34-51-49-19-7-12-24-57(49)65(60(51)38-44)40-14-2-1-3-15-40)43-30-33-48-47-18-6-11-23-55(47)61(56(48)37-43)53-21-9-4-16-45(53)46-17-5-10-22-54(46)61/h1-38H. The molecule has 2 aromatic heterocycles. The number of para-hydroxylation sites is 3. The lowest BCUT2D eigenvalue weighted by molar-refractivity contribution is 0.627. The summed E-state index contributed by atoms with van der Waals surface area (Å²) in [5.74, 6) is -0.250. The van der Waals surface area contributed by atoms with Crippen LogP contribution in [0, 0.1) is 5.82 Å². The number of hydrogen-bond acceptors (Lipinski definition) is 1. The fraction of sp³-hybridized carbons (Fsp3) is 0.0164. The average molecular weight is 832 g/mol. The second-order valence-electron chi connectivity index (χ2n) is 17.4. The van der Waals surface area contributed by atoms with Crippen LogP contribution >= 0.6 is 0 Å². The molecule has 304 valence electrons. The maximum Gasteiger partial charge on any atom is 0.123 e. The molecule has 0 unspecified atom stereocenters. The number of anilines is 3. The van der Waals surface area contributed by atoms with Crippen LogP contribution in [0.5, 0.6) is 0 Å². The SMILES string of the molecule is Fc1ccc(-n2c3ccccc3c3cc(N(c4ccc5c(c4)C4(c6ccccc6-c6ccccc64)c4ccccc4-5)c4ccc5c6ccccc6n(-c6ccccc6)c5c4)ccc32)cc1. The Hall–Kier alpha value is -8.47. The highest BCUT2D eigenvalue weighted by atomic mass is 19.1. The molecule has 1 spiro atoms. The van der Waals surface area contributed by atoms with E-state index in [4.69, 9.17) is 0 Å². The van der Waals surface area contributed by atoms with Crippen molar-refractivity contribution in [3.05, 3.63) is 259 Å². The Bertz CT molecular complexity index is 3850. The quantitative estimate of drug-likeness (QED) is 0.168. The summed E-state index contributed by atoms with van der Waals surface area (Å²) in [5, 5.41) is 4.68. The van der Waals surface area contributed by atoms with Crippen LogP contribution in [-0.4, -0.2) is 9.13 Å². The largest absolute Gasteiger partial charge is 0.310 e. The molecular weight excluding hydrogens is 794 g/mol. The van der Waals surface area contributed by atoms with E-state index in [1.54, 1.807) is 0 Å². The Labute approximate surface area is 375 Å². The molecule has 14 rings (SSSR count). The van der Waals surface area contributed by atoms with Crippen molar-refractivity contribution in [2.45, 2.75) is 5.41 Å². The number of benzene rings is 10. The minimum Gasteiger partial charge on any atom is -0.310 e. The molecule has 3 nitrogen and oxygen atoms in total. The van der Waals surface area contributed by atoms with Crippen molar-refractivity contribution < 1.29 is 4.39 Å². The van der Waals surface area contributed by atoms with E-state index in [2.05, 4.69) is 220 Å². The van der Waals surface area contributed by atoms with E-state index in [1.165, 1.54) is 72.9 Å². The van der Waals surface area contributed by atoms with Gasteiger partial charge in [-0.05, 0) is 136 Å². The highest BCUT2D eigenvalue weighted by Crippen LogP contribution is 2.63. The third-order valence-electron chi connectivity index (χ3n) is 14.2. The third kappa shape index (κ3) is 4.94. The van der Waals surface area contributed by atoms with Crippen LogP contribution in [0.25, 0.3) is 77.2 Å². The highest BCUT2D eigenvalue weighted by Gasteiger charge is 2.51. The molecule has 0 amide bonds. The van der Waals surface area contributed by atoms with E-state index in [9.17, 15) is 4.39 Å². The predicted octanol–water partition coefficient (Wildman–Crippen LogP) is 15.8. The number of hydrogen-bond donors (Lipinski definition) is 0. The Morgan fingerprint density at radius 2 is 0.754 bits per heavy atom. The van der Waals surface area contributed by atoms with Gasteiger partial charge in [-0.25, -0.2) is 4.39 Å². The fourth-order valence-electron chi connectivity index (χ4n) is 11.6. The highest BCUT2D eigenvalue weighted by molar-refractivity contribution is 6.12. The summed E-state index contributed by atoms with van der Waals surface area (Å²) in [5.41, 5.74) is 19.5. The van der Waals surface area contributed by atoms with E-state index in [1.807, 2.05) is 12.1 Å². The van der Waals surface area contributed by atoms with E-state index in [-0.39, 0.29) is 5.82 Å². The molecule has 2 aliphatic carbocycles. The van der Waals surface area contributed by atoms with Gasteiger partial charge in [0, 0.05) is 50.0 Å². The summed E-state index contributed by atoms with van der Waals surface area (Å²) >= 11 is 0. The Morgan fingerprint density at radius 3 is 1.42 bits per heavy atom. The molecule has 0 saturated heterocycles. The summed E-state index contributed by atoms with van der Waals surface area (Å²) in [6, 6.07) is 82.6. The summed E-state index contributed by atoms with van der Waals surface area (Å²) < 4.78 is 18.9. The number of rotatable bonds is 5. The molecule has 65 heavy (non-hydrogen) atoms. The van der Waals surface area contributed by atoms with Gasteiger partial charge in [0.1, 0.15) is 5.82 Å². The van der Waals surface area contributed by atoms with E-state index < -0.39 is 5.41 Å². The van der Waals surface area contributed by atoms with Crippen molar-refractivity contribution in [2.75, 3.05) is 4.90 Å². The fourth-order valence-corrected chi connectivity index (χ4v) is 11.6. The first-order chi connectivity index (χ1) is 32.2. The van der Waals surface area contributed by atoms with Gasteiger partial charge in [0.25, 0.3) is 0 Å². The molecule has 0 atom stereocenters. The van der Waals surface area contributed by atoms with Crippen molar-refractivity contribution in [1.82, 2.24) is 9.13 Å². The molecule has 0 fully saturated rings. The van der Waals surface area contributed by atoms with Gasteiger partial charge in [0.05, 0.1) is 27.5 Å². The number of fused-ring (bicyclic) bond motifs is 16. The lowest BCUT2D eigenvalue weighted by atomic mass is 9.70. The normalized spacial score (nSPS) is 13.1. The molecule has 12 aromatic rings. The molecule has 10 aromatic carbocycles. The van der Waals surface area contributed by atoms with Crippen LogP contribution in [0.15, 0.2) is 231 Å². The molecule has 0 aliphatic heterocycles. The van der Waals surface area contributed by atoms with E-state index in [0.717, 1.165) is 55.8 Å². The van der Waals surface area contributed by atoms with Gasteiger partial charge in [-0.1, -0.05) is 140 Å². The maximum atomic E-state index is 14.3. The molecule has 0 radical (unpaired) electrons.